The van der Waals surface area contributed by atoms with Crippen molar-refractivity contribution < 1.29 is 4.42 Å². The fraction of sp³-hybridized carbons (Fsp3) is 0.500. The van der Waals surface area contributed by atoms with Gasteiger partial charge in [0.2, 0.25) is 0 Å². The summed E-state index contributed by atoms with van der Waals surface area (Å²) in [6, 6.07) is 8.34. The summed E-state index contributed by atoms with van der Waals surface area (Å²) < 4.78 is 5.89. The van der Waals surface area contributed by atoms with Crippen LogP contribution >= 0.6 is 0 Å². The lowest BCUT2D eigenvalue weighted by Gasteiger charge is -2.07. The molecule has 2 heteroatoms. The molecule has 2 aromatic rings. The van der Waals surface area contributed by atoms with Crippen LogP contribution in [0.25, 0.3) is 11.0 Å². The number of aryl methyl sites for hydroxylation is 1. The first kappa shape index (κ1) is 13.2. The third kappa shape index (κ3) is 2.94. The van der Waals surface area contributed by atoms with E-state index in [1.807, 2.05) is 0 Å². The molecule has 2 N–H and O–H groups in total. The van der Waals surface area contributed by atoms with Gasteiger partial charge >= 0.3 is 0 Å². The van der Waals surface area contributed by atoms with E-state index >= 15 is 0 Å². The fourth-order valence-corrected chi connectivity index (χ4v) is 2.34. The Bertz CT molecular complexity index is 501. The Morgan fingerprint density at radius 2 is 2.06 bits per heavy atom. The Balaban J connectivity index is 2.04. The smallest absolute Gasteiger partial charge is 0.137 e. The van der Waals surface area contributed by atoms with Gasteiger partial charge in [-0.3, -0.25) is 0 Å². The molecule has 0 aliphatic heterocycles. The second-order valence-electron chi connectivity index (χ2n) is 5.10. The van der Waals surface area contributed by atoms with Crippen LogP contribution in [-0.4, -0.2) is 0 Å². The predicted molar refractivity (Wildman–Crippen MR) is 76.6 cm³/mol. The van der Waals surface area contributed by atoms with E-state index in [0.717, 1.165) is 23.2 Å². The molecule has 0 spiro atoms. The lowest BCUT2D eigenvalue weighted by atomic mass is 10.1. The van der Waals surface area contributed by atoms with Crippen molar-refractivity contribution in [3.63, 3.8) is 0 Å². The largest absolute Gasteiger partial charge is 0.459 e. The molecule has 0 saturated carbocycles. The van der Waals surface area contributed by atoms with Gasteiger partial charge in [-0.25, -0.2) is 0 Å². The van der Waals surface area contributed by atoms with Crippen molar-refractivity contribution in [2.45, 2.75) is 52.0 Å². The zero-order valence-corrected chi connectivity index (χ0v) is 11.4. The summed E-state index contributed by atoms with van der Waals surface area (Å²) in [5.74, 6) is 0.927. The number of benzene rings is 1. The van der Waals surface area contributed by atoms with Crippen molar-refractivity contribution in [2.24, 2.45) is 5.73 Å². The molecule has 0 aliphatic carbocycles. The Labute approximate surface area is 109 Å². The number of furan rings is 1. The van der Waals surface area contributed by atoms with E-state index in [9.17, 15) is 0 Å². The number of unbranched alkanes of at least 4 members (excludes halogenated alkanes) is 3. The van der Waals surface area contributed by atoms with Gasteiger partial charge in [-0.05, 0) is 25.0 Å². The molecule has 18 heavy (non-hydrogen) atoms. The van der Waals surface area contributed by atoms with E-state index in [4.69, 9.17) is 10.2 Å². The van der Waals surface area contributed by atoms with Gasteiger partial charge in [-0.2, -0.15) is 0 Å². The van der Waals surface area contributed by atoms with Crippen molar-refractivity contribution >= 4 is 11.0 Å². The number of fused-ring (bicyclic) bond motifs is 1. The molecular formula is C16H23NO. The molecule has 1 heterocycles. The first-order valence-electron chi connectivity index (χ1n) is 6.97. The molecule has 0 saturated heterocycles. The number of nitrogens with two attached hydrogens (primary N) is 1. The van der Waals surface area contributed by atoms with Gasteiger partial charge < -0.3 is 10.2 Å². The van der Waals surface area contributed by atoms with Crippen LogP contribution in [0.4, 0.5) is 0 Å². The van der Waals surface area contributed by atoms with E-state index in [-0.39, 0.29) is 6.04 Å². The maximum atomic E-state index is 6.20. The van der Waals surface area contributed by atoms with Gasteiger partial charge in [0.15, 0.2) is 0 Å². The first-order valence-corrected chi connectivity index (χ1v) is 6.97. The Kier molecular flexibility index (Phi) is 4.43. The lowest BCUT2D eigenvalue weighted by Crippen LogP contribution is -2.08. The molecular weight excluding hydrogens is 222 g/mol. The molecule has 0 bridgehead atoms. The first-order chi connectivity index (χ1) is 8.72. The van der Waals surface area contributed by atoms with E-state index in [0.29, 0.717) is 0 Å². The van der Waals surface area contributed by atoms with Gasteiger partial charge in [0.25, 0.3) is 0 Å². The van der Waals surface area contributed by atoms with Gasteiger partial charge in [-0.1, -0.05) is 50.8 Å². The van der Waals surface area contributed by atoms with Crippen molar-refractivity contribution in [2.75, 3.05) is 0 Å². The minimum Gasteiger partial charge on any atom is -0.459 e. The van der Waals surface area contributed by atoms with Crippen LogP contribution in [0, 0.1) is 6.92 Å². The summed E-state index contributed by atoms with van der Waals surface area (Å²) in [4.78, 5) is 0. The minimum atomic E-state index is 0.0358. The minimum absolute atomic E-state index is 0.0358. The molecule has 1 atom stereocenters. The maximum absolute atomic E-state index is 6.20. The molecule has 1 aromatic carbocycles. The normalized spacial score (nSPS) is 13.1. The van der Waals surface area contributed by atoms with Crippen LogP contribution in [-0.2, 0) is 0 Å². The van der Waals surface area contributed by atoms with Gasteiger partial charge in [0.1, 0.15) is 11.3 Å². The summed E-state index contributed by atoms with van der Waals surface area (Å²) >= 11 is 0. The zero-order valence-electron chi connectivity index (χ0n) is 11.4. The van der Waals surface area contributed by atoms with Crippen molar-refractivity contribution in [3.05, 3.63) is 35.6 Å². The van der Waals surface area contributed by atoms with Crippen LogP contribution in [0.1, 0.15) is 56.4 Å². The number of para-hydroxylation sites is 1. The zero-order chi connectivity index (χ0) is 13.0. The highest BCUT2D eigenvalue weighted by atomic mass is 16.3. The molecule has 0 aliphatic rings. The molecule has 2 rings (SSSR count). The fourth-order valence-electron chi connectivity index (χ4n) is 2.34. The average Bonchev–Trinajstić information content (AvgIpc) is 2.80. The highest BCUT2D eigenvalue weighted by molar-refractivity contribution is 5.80. The lowest BCUT2D eigenvalue weighted by molar-refractivity contribution is 0.460. The third-order valence-corrected chi connectivity index (χ3v) is 3.49. The molecule has 1 unspecified atom stereocenters. The van der Waals surface area contributed by atoms with Crippen molar-refractivity contribution in [3.8, 4) is 0 Å². The van der Waals surface area contributed by atoms with E-state index in [1.165, 1.54) is 31.2 Å². The molecule has 0 amide bonds. The maximum Gasteiger partial charge on any atom is 0.137 e. The Hall–Kier alpha value is -1.28. The second kappa shape index (κ2) is 6.05. The molecule has 2 nitrogen and oxygen atoms in total. The number of hydrogen-bond acceptors (Lipinski definition) is 2. The summed E-state index contributed by atoms with van der Waals surface area (Å²) in [5, 5.41) is 1.16. The van der Waals surface area contributed by atoms with Gasteiger partial charge in [-0.15, -0.1) is 0 Å². The Morgan fingerprint density at radius 3 is 2.78 bits per heavy atom. The van der Waals surface area contributed by atoms with Crippen LogP contribution < -0.4 is 5.73 Å². The standard InChI is InChI=1S/C16H23NO/c1-3-4-5-6-10-14(17)15-11-13-9-7-8-12(2)16(13)18-15/h7-9,11,14H,3-6,10,17H2,1-2H3. The third-order valence-electron chi connectivity index (χ3n) is 3.49. The summed E-state index contributed by atoms with van der Waals surface area (Å²) in [5.41, 5.74) is 8.36. The van der Waals surface area contributed by atoms with Gasteiger partial charge in [0, 0.05) is 5.39 Å². The van der Waals surface area contributed by atoms with Crippen LogP contribution in [0.5, 0.6) is 0 Å². The van der Waals surface area contributed by atoms with Crippen LogP contribution in [0.2, 0.25) is 0 Å². The van der Waals surface area contributed by atoms with E-state index in [2.05, 4.69) is 38.1 Å². The molecule has 0 radical (unpaired) electrons. The predicted octanol–water partition coefficient (Wildman–Crippen LogP) is 4.71. The SMILES string of the molecule is CCCCCCC(N)c1cc2cccc(C)c2o1. The Morgan fingerprint density at radius 1 is 1.22 bits per heavy atom. The number of rotatable bonds is 6. The van der Waals surface area contributed by atoms with Gasteiger partial charge in [0.05, 0.1) is 6.04 Å². The molecule has 1 aromatic heterocycles. The van der Waals surface area contributed by atoms with Crippen molar-refractivity contribution in [1.29, 1.82) is 0 Å². The summed E-state index contributed by atoms with van der Waals surface area (Å²) in [6.45, 7) is 4.30. The summed E-state index contributed by atoms with van der Waals surface area (Å²) in [6.07, 6.45) is 6.03. The second-order valence-corrected chi connectivity index (χ2v) is 5.10. The topological polar surface area (TPSA) is 39.2 Å². The van der Waals surface area contributed by atoms with E-state index < -0.39 is 0 Å². The summed E-state index contributed by atoms with van der Waals surface area (Å²) in [7, 11) is 0. The van der Waals surface area contributed by atoms with Crippen molar-refractivity contribution in [1.82, 2.24) is 0 Å². The van der Waals surface area contributed by atoms with Crippen LogP contribution in [0.15, 0.2) is 28.7 Å². The average molecular weight is 245 g/mol. The highest BCUT2D eigenvalue weighted by Crippen LogP contribution is 2.27. The molecule has 98 valence electrons. The number of hydrogen-bond donors (Lipinski definition) is 1. The monoisotopic (exact) mass is 245 g/mol. The van der Waals surface area contributed by atoms with Crippen LogP contribution in [0.3, 0.4) is 0 Å². The highest BCUT2D eigenvalue weighted by Gasteiger charge is 2.12. The quantitative estimate of drug-likeness (QED) is 0.748. The van der Waals surface area contributed by atoms with E-state index in [1.54, 1.807) is 0 Å². The molecule has 0 fully saturated rings.